The lowest BCUT2D eigenvalue weighted by atomic mass is 9.97. The zero-order valence-corrected chi connectivity index (χ0v) is 17.4. The minimum atomic E-state index is -0.975. The molecule has 0 fully saturated rings. The molecule has 2 aromatic carbocycles. The zero-order chi connectivity index (χ0) is 22.1. The van der Waals surface area contributed by atoms with Gasteiger partial charge in [-0.2, -0.15) is 0 Å². The summed E-state index contributed by atoms with van der Waals surface area (Å²) in [6.45, 7) is 0.404. The van der Waals surface area contributed by atoms with Crippen LogP contribution in [0.25, 0.3) is 11.3 Å². The van der Waals surface area contributed by atoms with Gasteiger partial charge in [0, 0.05) is 39.8 Å². The topological polar surface area (TPSA) is 100 Å². The molecule has 2 aromatic heterocycles. The first kappa shape index (κ1) is 22.1. The van der Waals surface area contributed by atoms with E-state index < -0.39 is 5.97 Å². The van der Waals surface area contributed by atoms with Crippen LogP contribution >= 0.6 is 11.6 Å². The van der Waals surface area contributed by atoms with Crippen LogP contribution in [-0.2, 0) is 6.54 Å². The fourth-order valence-electron chi connectivity index (χ4n) is 3.53. The zero-order valence-electron chi connectivity index (χ0n) is 16.7. The first-order valence-corrected chi connectivity index (χ1v) is 10.2. The molecule has 0 amide bonds. The van der Waals surface area contributed by atoms with E-state index in [-0.39, 0.29) is 13.0 Å². The van der Waals surface area contributed by atoms with Gasteiger partial charge in [0.2, 0.25) is 5.95 Å². The minimum Gasteiger partial charge on any atom is -0.478 e. The van der Waals surface area contributed by atoms with Crippen molar-refractivity contribution in [2.24, 2.45) is 4.99 Å². The molecule has 0 atom stereocenters. The smallest absolute Gasteiger partial charge is 0.335 e. The Labute approximate surface area is 195 Å². The van der Waals surface area contributed by atoms with Crippen molar-refractivity contribution in [3.05, 3.63) is 100 Å². The van der Waals surface area contributed by atoms with E-state index in [2.05, 4.69) is 15.3 Å². The van der Waals surface area contributed by atoms with Crippen molar-refractivity contribution in [2.75, 3.05) is 5.32 Å². The van der Waals surface area contributed by atoms with Crippen LogP contribution in [-0.4, -0.2) is 31.7 Å². The second-order valence-corrected chi connectivity index (χ2v) is 7.58. The summed E-state index contributed by atoms with van der Waals surface area (Å²) in [5.74, 6) is -0.578. The number of pyridine rings is 1. The maximum Gasteiger partial charge on any atom is 0.335 e. The molecule has 0 bridgehead atoms. The highest BCUT2D eigenvalue weighted by molar-refractivity contribution is 6.31. The first-order valence-electron chi connectivity index (χ1n) is 9.81. The number of aromatic nitrogens is 3. The largest absolute Gasteiger partial charge is 0.478 e. The summed E-state index contributed by atoms with van der Waals surface area (Å²) < 4.78 is 0. The van der Waals surface area contributed by atoms with Gasteiger partial charge in [-0.05, 0) is 48.5 Å². The molecule has 0 radical (unpaired) electrons. The summed E-state index contributed by atoms with van der Waals surface area (Å²) in [5.41, 5.74) is 5.78. The number of carbonyl (C=O) groups is 1. The average Bonchev–Trinajstić information content (AvgIpc) is 2.96. The Morgan fingerprint density at radius 3 is 2.55 bits per heavy atom. The summed E-state index contributed by atoms with van der Waals surface area (Å²) in [6.07, 6.45) is 3.48. The van der Waals surface area contributed by atoms with E-state index in [0.29, 0.717) is 23.2 Å². The third-order valence-electron chi connectivity index (χ3n) is 5.06. The molecule has 0 aliphatic carbocycles. The predicted molar refractivity (Wildman–Crippen MR) is 129 cm³/mol. The van der Waals surface area contributed by atoms with Gasteiger partial charge >= 0.3 is 5.97 Å². The number of halogens is 1. The normalized spacial score (nSPS) is 11.8. The lowest BCUT2D eigenvalue weighted by molar-refractivity contribution is 0.0697. The third kappa shape index (κ3) is 4.44. The van der Waals surface area contributed by atoms with Crippen LogP contribution in [0.5, 0.6) is 0 Å². The molecule has 7 nitrogen and oxygen atoms in total. The van der Waals surface area contributed by atoms with Gasteiger partial charge in [0.05, 0.1) is 29.2 Å². The van der Waals surface area contributed by atoms with Crippen molar-refractivity contribution in [2.45, 2.75) is 14.0 Å². The number of rotatable bonds is 4. The summed E-state index contributed by atoms with van der Waals surface area (Å²) in [6, 6.07) is 17.7. The number of nitrogens with zero attached hydrogens (tertiary/aromatic N) is 4. The molecule has 0 saturated carbocycles. The van der Waals surface area contributed by atoms with E-state index in [4.69, 9.17) is 26.7 Å². The van der Waals surface area contributed by atoms with Crippen LogP contribution in [0, 0.1) is 0 Å². The number of aliphatic imine (C=N–C) groups is 1. The summed E-state index contributed by atoms with van der Waals surface area (Å²) in [5, 5.41) is 12.8. The van der Waals surface area contributed by atoms with Crippen LogP contribution < -0.4 is 5.32 Å². The van der Waals surface area contributed by atoms with Crippen molar-refractivity contribution in [1.29, 1.82) is 0 Å². The molecule has 0 spiro atoms. The van der Waals surface area contributed by atoms with Gasteiger partial charge in [-0.25, -0.2) is 14.8 Å². The number of hydrogen-bond acceptors (Lipinski definition) is 6. The highest BCUT2D eigenvalue weighted by atomic mass is 35.5. The molecule has 2 N–H and O–H groups in total. The van der Waals surface area contributed by atoms with E-state index >= 15 is 0 Å². The second kappa shape index (κ2) is 9.18. The van der Waals surface area contributed by atoms with Crippen molar-refractivity contribution in [1.82, 2.24) is 15.0 Å². The Morgan fingerprint density at radius 2 is 1.82 bits per heavy atom. The summed E-state index contributed by atoms with van der Waals surface area (Å²) in [7, 11) is 0. The maximum atomic E-state index is 11.1. The SMILES string of the molecule is C.O=C(O)c1ccc(Nc2ncc3c(n2)-c2ccc(Cl)cc2C(c2ccccn2)=NC3)cc1. The minimum absolute atomic E-state index is 0. The number of aromatic carboxylic acids is 1. The monoisotopic (exact) mass is 457 g/mol. The Balaban J connectivity index is 0.00000259. The van der Waals surface area contributed by atoms with Gasteiger partial charge in [-0.15, -0.1) is 0 Å². The maximum absolute atomic E-state index is 11.1. The van der Waals surface area contributed by atoms with Crippen LogP contribution in [0.1, 0.15) is 34.6 Å². The van der Waals surface area contributed by atoms with Crippen LogP contribution in [0.4, 0.5) is 11.6 Å². The molecule has 0 saturated heterocycles. The molecule has 1 aliphatic heterocycles. The molecule has 5 rings (SSSR count). The lowest BCUT2D eigenvalue weighted by Gasteiger charge is -2.12. The molecular formula is C25H20ClN5O2. The number of benzene rings is 2. The first-order chi connectivity index (χ1) is 15.6. The van der Waals surface area contributed by atoms with E-state index in [1.807, 2.05) is 36.4 Å². The Bertz CT molecular complexity index is 1360. The average molecular weight is 458 g/mol. The standard InChI is InChI=1S/C24H16ClN5O2.CH4/c25-16-6-9-18-19(11-16)22(20-3-1-2-10-26-20)27-12-15-13-28-24(30-21(15)18)29-17-7-4-14(5-8-17)23(31)32;/h1-11,13H,12H2,(H,31,32)(H,28,29,30);1H4. The van der Waals surface area contributed by atoms with E-state index in [9.17, 15) is 4.79 Å². The number of nitrogens with one attached hydrogen (secondary N) is 1. The number of anilines is 2. The van der Waals surface area contributed by atoms with Gasteiger partial charge in [0.1, 0.15) is 0 Å². The predicted octanol–water partition coefficient (Wildman–Crippen LogP) is 5.62. The van der Waals surface area contributed by atoms with E-state index in [0.717, 1.165) is 33.8 Å². The number of fused-ring (bicyclic) bond motifs is 3. The van der Waals surface area contributed by atoms with E-state index in [1.54, 1.807) is 24.5 Å². The number of carboxylic acids is 1. The molecule has 1 aliphatic rings. The highest BCUT2D eigenvalue weighted by Gasteiger charge is 2.22. The Morgan fingerprint density at radius 1 is 1.00 bits per heavy atom. The van der Waals surface area contributed by atoms with Crippen LogP contribution in [0.15, 0.2) is 78.0 Å². The van der Waals surface area contributed by atoms with Crippen molar-refractivity contribution in [3.63, 3.8) is 0 Å². The Kier molecular flexibility index (Phi) is 6.15. The highest BCUT2D eigenvalue weighted by Crippen LogP contribution is 2.33. The van der Waals surface area contributed by atoms with Gasteiger partial charge in [-0.1, -0.05) is 31.2 Å². The van der Waals surface area contributed by atoms with Crippen molar-refractivity contribution < 1.29 is 9.90 Å². The van der Waals surface area contributed by atoms with Crippen LogP contribution in [0.2, 0.25) is 5.02 Å². The molecule has 4 aromatic rings. The molecule has 3 heterocycles. The van der Waals surface area contributed by atoms with Gasteiger partial charge < -0.3 is 10.4 Å². The van der Waals surface area contributed by atoms with E-state index in [1.165, 1.54) is 12.1 Å². The summed E-state index contributed by atoms with van der Waals surface area (Å²) >= 11 is 6.32. The van der Waals surface area contributed by atoms with Gasteiger partial charge in [0.15, 0.2) is 0 Å². The fourth-order valence-corrected chi connectivity index (χ4v) is 3.70. The Hall–Kier alpha value is -4.10. The molecule has 0 unspecified atom stereocenters. The molecule has 8 heteroatoms. The lowest BCUT2D eigenvalue weighted by Crippen LogP contribution is -2.07. The van der Waals surface area contributed by atoms with Gasteiger partial charge in [0.25, 0.3) is 0 Å². The number of carboxylic acid groups (broad SMARTS) is 1. The summed E-state index contributed by atoms with van der Waals surface area (Å²) in [4.78, 5) is 29.5. The van der Waals surface area contributed by atoms with Crippen molar-refractivity contribution >= 4 is 34.9 Å². The fraction of sp³-hybridized carbons (Fsp3) is 0.0800. The van der Waals surface area contributed by atoms with Crippen LogP contribution in [0.3, 0.4) is 0 Å². The van der Waals surface area contributed by atoms with Crippen molar-refractivity contribution in [3.8, 4) is 11.3 Å². The molecular weight excluding hydrogens is 438 g/mol. The number of hydrogen-bond donors (Lipinski definition) is 2. The third-order valence-corrected chi connectivity index (χ3v) is 5.29. The second-order valence-electron chi connectivity index (χ2n) is 7.14. The quantitative estimate of drug-likeness (QED) is 0.412. The van der Waals surface area contributed by atoms with Gasteiger partial charge in [-0.3, -0.25) is 9.98 Å². The molecule has 164 valence electrons. The molecule has 33 heavy (non-hydrogen) atoms.